The summed E-state index contributed by atoms with van der Waals surface area (Å²) in [6.45, 7) is 4.66. The molecule has 4 heterocycles. The quantitative estimate of drug-likeness (QED) is 0.508. The number of aromatic nitrogens is 4. The Morgan fingerprint density at radius 1 is 1.19 bits per heavy atom. The van der Waals surface area contributed by atoms with E-state index in [1.54, 1.807) is 18.5 Å². The predicted molar refractivity (Wildman–Crippen MR) is 119 cm³/mol. The van der Waals surface area contributed by atoms with Crippen LogP contribution >= 0.6 is 0 Å². The number of aryl methyl sites for hydroxylation is 1. The molecule has 0 bridgehead atoms. The van der Waals surface area contributed by atoms with Crippen LogP contribution in [0.4, 0.5) is 15.9 Å². The van der Waals surface area contributed by atoms with Crippen molar-refractivity contribution in [3.63, 3.8) is 0 Å². The van der Waals surface area contributed by atoms with Crippen LogP contribution in [0, 0.1) is 18.7 Å². The van der Waals surface area contributed by atoms with Gasteiger partial charge in [-0.05, 0) is 49.1 Å². The van der Waals surface area contributed by atoms with Gasteiger partial charge < -0.3 is 20.3 Å². The van der Waals surface area contributed by atoms with Gasteiger partial charge in [0.25, 0.3) is 0 Å². The highest BCUT2D eigenvalue weighted by Gasteiger charge is 2.39. The van der Waals surface area contributed by atoms with Crippen molar-refractivity contribution in [2.45, 2.75) is 25.8 Å². The molecule has 2 fully saturated rings. The Labute approximate surface area is 185 Å². The van der Waals surface area contributed by atoms with Crippen LogP contribution in [0.15, 0.2) is 24.5 Å². The van der Waals surface area contributed by atoms with Gasteiger partial charge in [-0.1, -0.05) is 0 Å². The maximum absolute atomic E-state index is 14.5. The van der Waals surface area contributed by atoms with Crippen LogP contribution in [0.3, 0.4) is 0 Å². The van der Waals surface area contributed by atoms with E-state index >= 15 is 0 Å². The summed E-state index contributed by atoms with van der Waals surface area (Å²) in [7, 11) is 1.81. The standard InChI is InChI=1S/C23H24FN7O/c1-12-27-8-15(9-28-12)32-23-29-19-7-16-17(5-14(24)6-18(16)25-2)21(19)22(30-23)31-10-13-3-4-26-20(13)11-31/h5-6,8-9,13,20,25-26H,3-4,7,10-11H2,1-2H3/t13-,20+/m1/s1. The van der Waals surface area contributed by atoms with Gasteiger partial charge in [0, 0.05) is 43.9 Å². The molecular weight excluding hydrogens is 409 g/mol. The Morgan fingerprint density at radius 3 is 2.81 bits per heavy atom. The molecule has 2 saturated heterocycles. The predicted octanol–water partition coefficient (Wildman–Crippen LogP) is 2.92. The Balaban J connectivity index is 1.46. The number of benzene rings is 1. The summed E-state index contributed by atoms with van der Waals surface area (Å²) in [4.78, 5) is 20.2. The summed E-state index contributed by atoms with van der Waals surface area (Å²) in [5, 5.41) is 6.71. The van der Waals surface area contributed by atoms with Crippen LogP contribution in [0.5, 0.6) is 11.8 Å². The molecule has 6 rings (SSSR count). The van der Waals surface area contributed by atoms with Crippen LogP contribution in [0.1, 0.15) is 23.5 Å². The zero-order valence-electron chi connectivity index (χ0n) is 18.0. The number of nitrogens with one attached hydrogen (secondary N) is 2. The molecule has 3 aromatic rings. The molecule has 3 aliphatic rings. The van der Waals surface area contributed by atoms with Gasteiger partial charge >= 0.3 is 6.01 Å². The molecule has 9 heteroatoms. The second kappa shape index (κ2) is 7.37. The lowest BCUT2D eigenvalue weighted by Gasteiger charge is -2.22. The summed E-state index contributed by atoms with van der Waals surface area (Å²) >= 11 is 0. The lowest BCUT2D eigenvalue weighted by atomic mass is 10.0. The minimum Gasteiger partial charge on any atom is -0.421 e. The van der Waals surface area contributed by atoms with Gasteiger partial charge in [0.1, 0.15) is 17.5 Å². The summed E-state index contributed by atoms with van der Waals surface area (Å²) < 4.78 is 20.4. The van der Waals surface area contributed by atoms with E-state index in [9.17, 15) is 4.39 Å². The Bertz CT molecular complexity index is 1190. The highest BCUT2D eigenvalue weighted by Crippen LogP contribution is 2.46. The molecule has 1 aliphatic carbocycles. The van der Waals surface area contributed by atoms with Crippen LogP contribution in [0.2, 0.25) is 0 Å². The maximum atomic E-state index is 14.5. The van der Waals surface area contributed by atoms with Gasteiger partial charge in [-0.2, -0.15) is 9.97 Å². The fraction of sp³-hybridized carbons (Fsp3) is 0.391. The maximum Gasteiger partial charge on any atom is 0.324 e. The largest absolute Gasteiger partial charge is 0.421 e. The summed E-state index contributed by atoms with van der Waals surface area (Å²) in [6, 6.07) is 3.84. The molecule has 8 nitrogen and oxygen atoms in total. The van der Waals surface area contributed by atoms with Gasteiger partial charge in [0.05, 0.1) is 18.1 Å². The number of rotatable bonds is 4. The number of ether oxygens (including phenoxy) is 1. The Hall–Kier alpha value is -3.33. The smallest absolute Gasteiger partial charge is 0.324 e. The fourth-order valence-electron chi connectivity index (χ4n) is 5.15. The number of hydrogen-bond donors (Lipinski definition) is 2. The van der Waals surface area contributed by atoms with Crippen molar-refractivity contribution < 1.29 is 9.13 Å². The van der Waals surface area contributed by atoms with E-state index in [2.05, 4.69) is 25.5 Å². The first-order valence-electron chi connectivity index (χ1n) is 11.0. The van der Waals surface area contributed by atoms with Gasteiger partial charge in [0.2, 0.25) is 0 Å². The number of fused-ring (bicyclic) bond motifs is 4. The van der Waals surface area contributed by atoms with E-state index in [1.807, 2.05) is 14.0 Å². The molecular formula is C23H24FN7O. The first kappa shape index (κ1) is 19.4. The van der Waals surface area contributed by atoms with Crippen molar-refractivity contribution in [2.24, 2.45) is 5.92 Å². The van der Waals surface area contributed by atoms with Crippen molar-refractivity contribution in [3.8, 4) is 22.9 Å². The lowest BCUT2D eigenvalue weighted by molar-refractivity contribution is 0.435. The van der Waals surface area contributed by atoms with Gasteiger partial charge in [-0.3, -0.25) is 0 Å². The van der Waals surface area contributed by atoms with Crippen LogP contribution in [0.25, 0.3) is 11.1 Å². The van der Waals surface area contributed by atoms with Crippen LogP contribution in [-0.2, 0) is 6.42 Å². The second-order valence-electron chi connectivity index (χ2n) is 8.64. The van der Waals surface area contributed by atoms with E-state index in [1.165, 1.54) is 6.07 Å². The molecule has 0 unspecified atom stereocenters. The summed E-state index contributed by atoms with van der Waals surface area (Å²) in [6.07, 6.45) is 4.99. The van der Waals surface area contributed by atoms with E-state index in [-0.39, 0.29) is 11.8 Å². The molecule has 2 N–H and O–H groups in total. The zero-order valence-corrected chi connectivity index (χ0v) is 18.0. The Kier molecular flexibility index (Phi) is 4.46. The summed E-state index contributed by atoms with van der Waals surface area (Å²) in [5.41, 5.74) is 4.42. The van der Waals surface area contributed by atoms with Gasteiger partial charge in [0.15, 0.2) is 5.75 Å². The normalized spacial score (nSPS) is 20.8. The van der Waals surface area contributed by atoms with E-state index in [4.69, 9.17) is 14.7 Å². The van der Waals surface area contributed by atoms with Crippen LogP contribution in [-0.4, -0.2) is 52.7 Å². The van der Waals surface area contributed by atoms with Crippen molar-refractivity contribution in [2.75, 3.05) is 36.9 Å². The molecule has 32 heavy (non-hydrogen) atoms. The van der Waals surface area contributed by atoms with Gasteiger partial charge in [-0.25, -0.2) is 14.4 Å². The third-order valence-corrected chi connectivity index (χ3v) is 6.67. The molecule has 0 spiro atoms. The van der Waals surface area contributed by atoms with E-state index in [0.29, 0.717) is 30.0 Å². The topological polar surface area (TPSA) is 88.1 Å². The van der Waals surface area contributed by atoms with E-state index in [0.717, 1.165) is 59.9 Å². The summed E-state index contributed by atoms with van der Waals surface area (Å²) in [5.74, 6) is 2.28. The highest BCUT2D eigenvalue weighted by atomic mass is 19.1. The first-order chi connectivity index (χ1) is 15.6. The zero-order chi connectivity index (χ0) is 21.8. The molecule has 0 radical (unpaired) electrons. The number of hydrogen-bond acceptors (Lipinski definition) is 8. The molecule has 0 saturated carbocycles. The lowest BCUT2D eigenvalue weighted by Crippen LogP contribution is -2.30. The van der Waals surface area contributed by atoms with Crippen LogP contribution < -0.4 is 20.3 Å². The fourth-order valence-corrected chi connectivity index (χ4v) is 5.15. The molecule has 2 atom stereocenters. The van der Waals surface area contributed by atoms with Gasteiger partial charge in [-0.15, -0.1) is 0 Å². The molecule has 2 aliphatic heterocycles. The first-order valence-corrected chi connectivity index (χ1v) is 11.0. The minimum atomic E-state index is -0.274. The van der Waals surface area contributed by atoms with Crippen molar-refractivity contribution in [3.05, 3.63) is 47.4 Å². The molecule has 2 aromatic heterocycles. The molecule has 164 valence electrons. The SMILES string of the molecule is CNc1cc(F)cc2c1Cc1nc(Oc3cnc(C)nc3)nc(N3C[C@H]4CCN[C@H]4C3)c1-2. The highest BCUT2D eigenvalue weighted by molar-refractivity contribution is 5.88. The number of nitrogens with zero attached hydrogens (tertiary/aromatic N) is 5. The number of anilines is 2. The average molecular weight is 433 g/mol. The van der Waals surface area contributed by atoms with Crippen molar-refractivity contribution >= 4 is 11.5 Å². The number of halogens is 1. The molecule has 0 amide bonds. The Morgan fingerprint density at radius 2 is 2.03 bits per heavy atom. The third-order valence-electron chi connectivity index (χ3n) is 6.67. The van der Waals surface area contributed by atoms with E-state index < -0.39 is 0 Å². The minimum absolute atomic E-state index is 0.260. The van der Waals surface area contributed by atoms with Crippen molar-refractivity contribution in [1.82, 2.24) is 25.3 Å². The average Bonchev–Trinajstić information content (AvgIpc) is 3.47. The second-order valence-corrected chi connectivity index (χ2v) is 8.64. The molecule has 1 aromatic carbocycles. The third kappa shape index (κ3) is 3.15. The monoisotopic (exact) mass is 433 g/mol. The van der Waals surface area contributed by atoms with Crippen molar-refractivity contribution in [1.29, 1.82) is 0 Å².